The van der Waals surface area contributed by atoms with Crippen molar-refractivity contribution in [3.05, 3.63) is 9.89 Å². The zero-order valence-electron chi connectivity index (χ0n) is 5.64. The highest BCUT2D eigenvalue weighted by atomic mass is 79.9. The standard InChI is InChI=1S/C5H5BrClN3O/c1-11-4-2(8)3(6)9-5(7)10-4/h8H2,1H3. The van der Waals surface area contributed by atoms with Crippen molar-refractivity contribution in [2.24, 2.45) is 0 Å². The van der Waals surface area contributed by atoms with Crippen molar-refractivity contribution >= 4 is 33.2 Å². The average Bonchev–Trinajstić information content (AvgIpc) is 1.96. The number of aromatic nitrogens is 2. The second-order valence-corrected chi connectivity index (χ2v) is 2.80. The first-order valence-corrected chi connectivity index (χ1v) is 3.84. The van der Waals surface area contributed by atoms with Gasteiger partial charge < -0.3 is 10.5 Å². The van der Waals surface area contributed by atoms with Crippen molar-refractivity contribution < 1.29 is 4.74 Å². The Bertz CT molecular complexity index is 281. The van der Waals surface area contributed by atoms with Crippen LogP contribution in [0.25, 0.3) is 0 Å². The summed E-state index contributed by atoms with van der Waals surface area (Å²) in [7, 11) is 1.46. The third kappa shape index (κ3) is 1.72. The summed E-state index contributed by atoms with van der Waals surface area (Å²) in [5.41, 5.74) is 5.85. The predicted octanol–water partition coefficient (Wildman–Crippen LogP) is 1.48. The topological polar surface area (TPSA) is 61.0 Å². The van der Waals surface area contributed by atoms with Crippen molar-refractivity contribution in [3.8, 4) is 5.88 Å². The maximum Gasteiger partial charge on any atom is 0.242 e. The van der Waals surface area contributed by atoms with Gasteiger partial charge in [0, 0.05) is 0 Å². The minimum atomic E-state index is 0.0999. The number of hydrogen-bond acceptors (Lipinski definition) is 4. The molecule has 1 aromatic rings. The summed E-state index contributed by atoms with van der Waals surface area (Å²) in [4.78, 5) is 7.48. The third-order valence-electron chi connectivity index (χ3n) is 1.03. The summed E-state index contributed by atoms with van der Waals surface area (Å²) in [5, 5.41) is 0.0999. The van der Waals surface area contributed by atoms with E-state index in [0.29, 0.717) is 10.3 Å². The van der Waals surface area contributed by atoms with Crippen molar-refractivity contribution in [2.75, 3.05) is 12.8 Å². The molecule has 0 aliphatic rings. The molecular weight excluding hydrogens is 233 g/mol. The summed E-state index contributed by atoms with van der Waals surface area (Å²) >= 11 is 8.61. The fourth-order valence-corrected chi connectivity index (χ4v) is 1.16. The summed E-state index contributed by atoms with van der Waals surface area (Å²) in [6, 6.07) is 0. The molecule has 0 radical (unpaired) electrons. The van der Waals surface area contributed by atoms with Crippen LogP contribution in [0.1, 0.15) is 0 Å². The van der Waals surface area contributed by atoms with Gasteiger partial charge in [-0.2, -0.15) is 4.98 Å². The molecule has 60 valence electrons. The van der Waals surface area contributed by atoms with E-state index >= 15 is 0 Å². The van der Waals surface area contributed by atoms with Gasteiger partial charge >= 0.3 is 0 Å². The minimum absolute atomic E-state index is 0.0999. The smallest absolute Gasteiger partial charge is 0.242 e. The van der Waals surface area contributed by atoms with E-state index in [1.165, 1.54) is 7.11 Å². The lowest BCUT2D eigenvalue weighted by atomic mass is 10.5. The molecule has 0 aromatic carbocycles. The van der Waals surface area contributed by atoms with Gasteiger partial charge in [-0.05, 0) is 27.5 Å². The van der Waals surface area contributed by atoms with Gasteiger partial charge in [-0.25, -0.2) is 4.98 Å². The Kier molecular flexibility index (Phi) is 2.51. The number of nitrogen functional groups attached to an aromatic ring is 1. The van der Waals surface area contributed by atoms with Gasteiger partial charge in [0.25, 0.3) is 0 Å². The number of ether oxygens (including phenoxy) is 1. The minimum Gasteiger partial charge on any atom is -0.479 e. The van der Waals surface area contributed by atoms with Crippen LogP contribution in [0.4, 0.5) is 5.69 Å². The van der Waals surface area contributed by atoms with Crippen LogP contribution in [0.15, 0.2) is 4.60 Å². The fraction of sp³-hybridized carbons (Fsp3) is 0.200. The maximum atomic E-state index is 5.51. The number of rotatable bonds is 1. The lowest BCUT2D eigenvalue weighted by Crippen LogP contribution is -1.98. The van der Waals surface area contributed by atoms with E-state index in [2.05, 4.69) is 25.9 Å². The second-order valence-electron chi connectivity index (χ2n) is 1.71. The van der Waals surface area contributed by atoms with E-state index in [1.54, 1.807) is 0 Å². The van der Waals surface area contributed by atoms with Gasteiger partial charge in [0.2, 0.25) is 11.2 Å². The van der Waals surface area contributed by atoms with Crippen LogP contribution in [-0.2, 0) is 0 Å². The number of hydrogen-bond donors (Lipinski definition) is 1. The van der Waals surface area contributed by atoms with Crippen molar-refractivity contribution in [3.63, 3.8) is 0 Å². The van der Waals surface area contributed by atoms with E-state index in [4.69, 9.17) is 22.1 Å². The highest BCUT2D eigenvalue weighted by molar-refractivity contribution is 9.10. The summed E-state index contributed by atoms with van der Waals surface area (Å²) in [6.45, 7) is 0. The number of nitrogens with zero attached hydrogens (tertiary/aromatic N) is 2. The first-order valence-electron chi connectivity index (χ1n) is 2.67. The Labute approximate surface area is 76.9 Å². The molecular formula is C5H5BrClN3O. The number of methoxy groups -OCH3 is 1. The van der Waals surface area contributed by atoms with Gasteiger partial charge in [0.1, 0.15) is 10.3 Å². The summed E-state index contributed by atoms with van der Waals surface area (Å²) in [6.07, 6.45) is 0. The molecule has 0 unspecified atom stereocenters. The largest absolute Gasteiger partial charge is 0.479 e. The van der Waals surface area contributed by atoms with Gasteiger partial charge in [-0.3, -0.25) is 0 Å². The molecule has 0 aliphatic heterocycles. The number of halogens is 2. The van der Waals surface area contributed by atoms with Crippen LogP contribution in [0.5, 0.6) is 5.88 Å². The maximum absolute atomic E-state index is 5.51. The Balaban J connectivity index is 3.24. The molecule has 11 heavy (non-hydrogen) atoms. The SMILES string of the molecule is COc1nc(Cl)nc(Br)c1N. The summed E-state index contributed by atoms with van der Waals surface area (Å²) in [5.74, 6) is 0.275. The van der Waals surface area contributed by atoms with Crippen LogP contribution >= 0.6 is 27.5 Å². The number of nitrogens with two attached hydrogens (primary N) is 1. The third-order valence-corrected chi connectivity index (χ3v) is 1.80. The molecule has 1 aromatic heterocycles. The molecule has 0 saturated heterocycles. The normalized spacial score (nSPS) is 9.73. The fourth-order valence-electron chi connectivity index (χ4n) is 0.554. The molecule has 1 heterocycles. The molecule has 6 heteroatoms. The van der Waals surface area contributed by atoms with Crippen LogP contribution in [0.2, 0.25) is 5.28 Å². The lowest BCUT2D eigenvalue weighted by molar-refractivity contribution is 0.399. The second kappa shape index (κ2) is 3.23. The highest BCUT2D eigenvalue weighted by Crippen LogP contribution is 2.26. The molecule has 0 aliphatic carbocycles. The van der Waals surface area contributed by atoms with Gasteiger partial charge in [-0.1, -0.05) is 0 Å². The highest BCUT2D eigenvalue weighted by Gasteiger charge is 2.07. The molecule has 0 spiro atoms. The van der Waals surface area contributed by atoms with Gasteiger partial charge in [0.05, 0.1) is 7.11 Å². The zero-order chi connectivity index (χ0) is 8.43. The van der Waals surface area contributed by atoms with Crippen LogP contribution in [0.3, 0.4) is 0 Å². The van der Waals surface area contributed by atoms with Gasteiger partial charge in [0.15, 0.2) is 0 Å². The first-order chi connectivity index (χ1) is 5.15. The zero-order valence-corrected chi connectivity index (χ0v) is 7.98. The molecule has 0 bridgehead atoms. The molecule has 0 saturated carbocycles. The van der Waals surface area contributed by atoms with Crippen LogP contribution in [-0.4, -0.2) is 17.1 Å². The van der Waals surface area contributed by atoms with Crippen molar-refractivity contribution in [2.45, 2.75) is 0 Å². The Morgan fingerprint density at radius 1 is 1.55 bits per heavy atom. The number of anilines is 1. The monoisotopic (exact) mass is 237 g/mol. The van der Waals surface area contributed by atoms with E-state index < -0.39 is 0 Å². The molecule has 0 amide bonds. The molecule has 4 nitrogen and oxygen atoms in total. The molecule has 1 rings (SSSR count). The van der Waals surface area contributed by atoms with Crippen molar-refractivity contribution in [1.29, 1.82) is 0 Å². The Morgan fingerprint density at radius 3 is 2.73 bits per heavy atom. The van der Waals surface area contributed by atoms with Crippen molar-refractivity contribution in [1.82, 2.24) is 9.97 Å². The van der Waals surface area contributed by atoms with E-state index in [1.807, 2.05) is 0 Å². The Morgan fingerprint density at radius 2 is 2.18 bits per heavy atom. The van der Waals surface area contributed by atoms with Crippen LogP contribution < -0.4 is 10.5 Å². The average molecular weight is 238 g/mol. The predicted molar refractivity (Wildman–Crippen MR) is 45.7 cm³/mol. The lowest BCUT2D eigenvalue weighted by Gasteiger charge is -2.03. The van der Waals surface area contributed by atoms with E-state index in [-0.39, 0.29) is 11.2 Å². The molecule has 2 N–H and O–H groups in total. The first kappa shape index (κ1) is 8.55. The van der Waals surface area contributed by atoms with Gasteiger partial charge in [-0.15, -0.1) is 0 Å². The van der Waals surface area contributed by atoms with E-state index in [9.17, 15) is 0 Å². The molecule has 0 atom stereocenters. The molecule has 0 fully saturated rings. The summed E-state index contributed by atoms with van der Waals surface area (Å²) < 4.78 is 5.26. The van der Waals surface area contributed by atoms with E-state index in [0.717, 1.165) is 0 Å². The quantitative estimate of drug-likeness (QED) is 0.595. The Hall–Kier alpha value is -0.550. The van der Waals surface area contributed by atoms with Crippen LogP contribution in [0, 0.1) is 0 Å².